The van der Waals surface area contributed by atoms with E-state index in [1.165, 1.54) is 30.0 Å². The van der Waals surface area contributed by atoms with Crippen LogP contribution in [0.2, 0.25) is 5.02 Å². The molecule has 4 aromatic rings. The minimum Gasteiger partial charge on any atom is -0.298 e. The van der Waals surface area contributed by atoms with Gasteiger partial charge in [-0.2, -0.15) is 10.1 Å². The molecule has 0 radical (unpaired) electrons. The smallest absolute Gasteiger partial charge is 0.298 e. The van der Waals surface area contributed by atoms with Gasteiger partial charge in [-0.25, -0.2) is 14.6 Å². The molecule has 2 aromatic carbocycles. The highest BCUT2D eigenvalue weighted by Gasteiger charge is 2.17. The van der Waals surface area contributed by atoms with Crippen LogP contribution in [0.1, 0.15) is 16.7 Å². The number of anilines is 1. The Morgan fingerprint density at radius 3 is 2.68 bits per heavy atom. The third-order valence-electron chi connectivity index (χ3n) is 4.83. The van der Waals surface area contributed by atoms with Crippen molar-refractivity contribution in [3.8, 4) is 0 Å². The second kappa shape index (κ2) is 8.19. The van der Waals surface area contributed by atoms with Gasteiger partial charge in [0.25, 0.3) is 5.56 Å². The Morgan fingerprint density at radius 1 is 1.23 bits per heavy atom. The van der Waals surface area contributed by atoms with Gasteiger partial charge in [0.2, 0.25) is 5.95 Å². The monoisotopic (exact) mass is 440 g/mol. The zero-order valence-corrected chi connectivity index (χ0v) is 17.4. The first-order valence-corrected chi connectivity index (χ1v) is 9.71. The third kappa shape index (κ3) is 3.99. The number of benzene rings is 2. The molecule has 0 fully saturated rings. The number of aromatic nitrogens is 4. The fraction of sp³-hybridized carbons (Fsp3) is 0.143. The van der Waals surface area contributed by atoms with Crippen LogP contribution in [-0.2, 0) is 13.6 Å². The highest BCUT2D eigenvalue weighted by molar-refractivity contribution is 6.33. The molecule has 0 aliphatic rings. The second-order valence-electron chi connectivity index (χ2n) is 7.00. The molecule has 0 atom stereocenters. The third-order valence-corrected chi connectivity index (χ3v) is 5.16. The van der Waals surface area contributed by atoms with Gasteiger partial charge in [-0.3, -0.25) is 18.9 Å². The van der Waals surface area contributed by atoms with Gasteiger partial charge < -0.3 is 0 Å². The Bertz CT molecular complexity index is 1400. The SMILES string of the molecule is Cc1ccc(Cn2c(N/N=C\c3c(F)cccc3Cl)nc3c2c(=O)[nH]c(=O)n3C)cc1. The van der Waals surface area contributed by atoms with E-state index in [-0.39, 0.29) is 27.7 Å². The average molecular weight is 441 g/mol. The van der Waals surface area contributed by atoms with E-state index in [0.717, 1.165) is 11.1 Å². The molecule has 2 N–H and O–H groups in total. The van der Waals surface area contributed by atoms with E-state index >= 15 is 0 Å². The molecule has 0 bridgehead atoms. The van der Waals surface area contributed by atoms with E-state index < -0.39 is 17.1 Å². The van der Waals surface area contributed by atoms with Gasteiger partial charge in [-0.1, -0.05) is 47.5 Å². The molecule has 0 aliphatic heterocycles. The second-order valence-corrected chi connectivity index (χ2v) is 7.41. The van der Waals surface area contributed by atoms with Crippen LogP contribution in [0.3, 0.4) is 0 Å². The molecule has 0 amide bonds. The average Bonchev–Trinajstić information content (AvgIpc) is 3.09. The number of aromatic amines is 1. The predicted molar refractivity (Wildman–Crippen MR) is 119 cm³/mol. The number of nitrogens with one attached hydrogen (secondary N) is 2. The number of aryl methyl sites for hydroxylation is 2. The minimum absolute atomic E-state index is 0.114. The lowest BCUT2D eigenvalue weighted by atomic mass is 10.1. The molecule has 8 nitrogen and oxygen atoms in total. The molecule has 10 heteroatoms. The lowest BCUT2D eigenvalue weighted by Gasteiger charge is -2.09. The summed E-state index contributed by atoms with van der Waals surface area (Å²) in [6.07, 6.45) is 1.23. The van der Waals surface area contributed by atoms with Crippen LogP contribution in [-0.4, -0.2) is 25.3 Å². The van der Waals surface area contributed by atoms with Crippen LogP contribution in [0.25, 0.3) is 11.2 Å². The van der Waals surface area contributed by atoms with Crippen molar-refractivity contribution in [1.82, 2.24) is 19.1 Å². The van der Waals surface area contributed by atoms with Gasteiger partial charge in [-0.15, -0.1) is 0 Å². The Balaban J connectivity index is 1.80. The molecule has 2 aromatic heterocycles. The van der Waals surface area contributed by atoms with E-state index in [0.29, 0.717) is 6.54 Å². The van der Waals surface area contributed by atoms with Gasteiger partial charge in [0.05, 0.1) is 17.8 Å². The summed E-state index contributed by atoms with van der Waals surface area (Å²) < 4.78 is 16.8. The number of H-pyrrole nitrogens is 1. The van der Waals surface area contributed by atoms with Crippen molar-refractivity contribution < 1.29 is 4.39 Å². The largest absolute Gasteiger partial charge is 0.329 e. The Labute approximate surface area is 180 Å². The molecule has 0 unspecified atom stereocenters. The van der Waals surface area contributed by atoms with Crippen molar-refractivity contribution in [2.75, 3.05) is 5.43 Å². The molecule has 0 saturated heterocycles. The van der Waals surface area contributed by atoms with Crippen molar-refractivity contribution in [3.05, 3.63) is 90.8 Å². The summed E-state index contributed by atoms with van der Waals surface area (Å²) in [7, 11) is 1.51. The molecule has 0 spiro atoms. The molecule has 0 saturated carbocycles. The number of hydrazone groups is 1. The quantitative estimate of drug-likeness (QED) is 0.368. The topological polar surface area (TPSA) is 97.1 Å². The van der Waals surface area contributed by atoms with E-state index in [4.69, 9.17) is 11.6 Å². The lowest BCUT2D eigenvalue weighted by molar-refractivity contribution is 0.626. The number of fused-ring (bicyclic) bond motifs is 1. The van der Waals surface area contributed by atoms with Crippen LogP contribution < -0.4 is 16.7 Å². The summed E-state index contributed by atoms with van der Waals surface area (Å²) in [5.74, 6) is -0.309. The Kier molecular flexibility index (Phi) is 5.43. The number of halogens is 2. The predicted octanol–water partition coefficient (Wildman–Crippen LogP) is 3.02. The summed E-state index contributed by atoms with van der Waals surface area (Å²) in [6, 6.07) is 12.1. The standard InChI is InChI=1S/C21H18ClFN6O2/c1-12-6-8-13(9-7-12)11-29-17-18(28(2)21(31)26-19(17)30)25-20(29)27-24-10-14-15(22)4-3-5-16(14)23/h3-10H,11H2,1-2H3,(H,25,27)(H,26,30,31)/b24-10-. The zero-order valence-electron chi connectivity index (χ0n) is 16.7. The van der Waals surface area contributed by atoms with Crippen molar-refractivity contribution in [3.63, 3.8) is 0 Å². The molecular weight excluding hydrogens is 423 g/mol. The van der Waals surface area contributed by atoms with Crippen molar-refractivity contribution in [1.29, 1.82) is 0 Å². The zero-order chi connectivity index (χ0) is 22.1. The molecule has 0 aliphatic carbocycles. The number of nitrogens with zero attached hydrogens (tertiary/aromatic N) is 4. The number of rotatable bonds is 5. The van der Waals surface area contributed by atoms with Crippen molar-refractivity contribution >= 4 is 34.9 Å². The van der Waals surface area contributed by atoms with Crippen LogP contribution >= 0.6 is 11.6 Å². The van der Waals surface area contributed by atoms with Crippen molar-refractivity contribution in [2.45, 2.75) is 13.5 Å². The summed E-state index contributed by atoms with van der Waals surface area (Å²) >= 11 is 6.02. The molecule has 158 valence electrons. The maximum atomic E-state index is 14.0. The fourth-order valence-corrected chi connectivity index (χ4v) is 3.35. The summed E-state index contributed by atoms with van der Waals surface area (Å²) in [4.78, 5) is 31.2. The number of imidazole rings is 1. The van der Waals surface area contributed by atoms with Gasteiger partial charge in [0.1, 0.15) is 5.82 Å². The summed E-state index contributed by atoms with van der Waals surface area (Å²) in [5.41, 5.74) is 4.14. The lowest BCUT2D eigenvalue weighted by Crippen LogP contribution is -2.29. The molecule has 31 heavy (non-hydrogen) atoms. The van der Waals surface area contributed by atoms with Crippen LogP contribution in [0.4, 0.5) is 10.3 Å². The maximum absolute atomic E-state index is 14.0. The van der Waals surface area contributed by atoms with E-state index in [1.54, 1.807) is 10.6 Å². The Hall–Kier alpha value is -3.72. The van der Waals surface area contributed by atoms with Crippen LogP contribution in [0.5, 0.6) is 0 Å². The molecular formula is C21H18ClFN6O2. The first-order valence-electron chi connectivity index (χ1n) is 9.33. The Morgan fingerprint density at radius 2 is 1.97 bits per heavy atom. The maximum Gasteiger partial charge on any atom is 0.329 e. The van der Waals surface area contributed by atoms with Gasteiger partial charge in [-0.05, 0) is 24.6 Å². The summed E-state index contributed by atoms with van der Waals surface area (Å²) in [5, 5.41) is 4.25. The minimum atomic E-state index is -0.578. The normalized spacial score (nSPS) is 11.5. The number of hydrogen-bond donors (Lipinski definition) is 2. The van der Waals surface area contributed by atoms with Crippen LogP contribution in [0, 0.1) is 12.7 Å². The van der Waals surface area contributed by atoms with Gasteiger partial charge in [0.15, 0.2) is 11.2 Å². The first kappa shape index (κ1) is 20.5. The van der Waals surface area contributed by atoms with Crippen molar-refractivity contribution in [2.24, 2.45) is 12.1 Å². The van der Waals surface area contributed by atoms with E-state index in [1.807, 2.05) is 31.2 Å². The highest BCUT2D eigenvalue weighted by Crippen LogP contribution is 2.19. The van der Waals surface area contributed by atoms with Crippen LogP contribution in [0.15, 0.2) is 57.2 Å². The molecule has 2 heterocycles. The molecule has 4 rings (SSSR count). The fourth-order valence-electron chi connectivity index (χ4n) is 3.14. The van der Waals surface area contributed by atoms with Gasteiger partial charge >= 0.3 is 5.69 Å². The highest BCUT2D eigenvalue weighted by atomic mass is 35.5. The number of hydrogen-bond acceptors (Lipinski definition) is 5. The van der Waals surface area contributed by atoms with E-state index in [9.17, 15) is 14.0 Å². The summed E-state index contributed by atoms with van der Waals surface area (Å²) in [6.45, 7) is 2.28. The first-order chi connectivity index (χ1) is 14.8. The van der Waals surface area contributed by atoms with Gasteiger partial charge in [0, 0.05) is 12.6 Å². The van der Waals surface area contributed by atoms with E-state index in [2.05, 4.69) is 20.5 Å².